The maximum atomic E-state index is 3.51. The average Bonchev–Trinajstić information content (AvgIpc) is 2.19. The first-order valence-electron chi connectivity index (χ1n) is 6.69. The minimum absolute atomic E-state index is 0.725. The molecule has 2 atom stereocenters. The molecule has 0 radical (unpaired) electrons. The third-order valence-electron chi connectivity index (χ3n) is 3.46. The molecule has 3 heteroatoms. The van der Waals surface area contributed by atoms with Crippen molar-refractivity contribution in [2.75, 3.05) is 46.8 Å². The van der Waals surface area contributed by atoms with Crippen LogP contribution in [0, 0.1) is 5.92 Å². The van der Waals surface area contributed by atoms with Gasteiger partial charge in [-0.15, -0.1) is 0 Å². The predicted octanol–water partition coefficient (Wildman–Crippen LogP) is 1.26. The van der Waals surface area contributed by atoms with Gasteiger partial charge in [0.15, 0.2) is 0 Å². The van der Waals surface area contributed by atoms with E-state index in [1.165, 1.54) is 45.6 Å². The van der Waals surface area contributed by atoms with Gasteiger partial charge in [0.25, 0.3) is 0 Å². The molecule has 96 valence electrons. The van der Waals surface area contributed by atoms with Crippen LogP contribution in [0.25, 0.3) is 0 Å². The molecule has 16 heavy (non-hydrogen) atoms. The number of nitrogens with one attached hydrogen (secondary N) is 1. The number of hydrogen-bond acceptors (Lipinski definition) is 3. The molecule has 1 fully saturated rings. The maximum absolute atomic E-state index is 3.51. The summed E-state index contributed by atoms with van der Waals surface area (Å²) in [4.78, 5) is 4.96. The Bertz CT molecular complexity index is 182. The standard InChI is InChI=1S/C13H29N3/c1-12-10-14-7-5-8-16(11-12)13(2)6-9-15(3)4/h12-14H,5-11H2,1-4H3. The fraction of sp³-hybridized carbons (Fsp3) is 1.00. The van der Waals surface area contributed by atoms with E-state index in [2.05, 4.69) is 43.1 Å². The van der Waals surface area contributed by atoms with Gasteiger partial charge in [-0.3, -0.25) is 0 Å². The van der Waals surface area contributed by atoms with Crippen LogP contribution in [0.3, 0.4) is 0 Å². The van der Waals surface area contributed by atoms with Gasteiger partial charge in [-0.2, -0.15) is 0 Å². The van der Waals surface area contributed by atoms with Crippen LogP contribution in [0.15, 0.2) is 0 Å². The van der Waals surface area contributed by atoms with Crippen molar-refractivity contribution in [2.24, 2.45) is 5.92 Å². The van der Waals surface area contributed by atoms with E-state index in [4.69, 9.17) is 0 Å². The monoisotopic (exact) mass is 227 g/mol. The summed E-state index contributed by atoms with van der Waals surface area (Å²) in [6.45, 7) is 10.8. The topological polar surface area (TPSA) is 18.5 Å². The molecular formula is C13H29N3. The van der Waals surface area contributed by atoms with E-state index in [9.17, 15) is 0 Å². The molecule has 1 N–H and O–H groups in total. The minimum atomic E-state index is 0.725. The van der Waals surface area contributed by atoms with Crippen molar-refractivity contribution >= 4 is 0 Å². The Kier molecular flexibility index (Phi) is 6.32. The summed E-state index contributed by atoms with van der Waals surface area (Å²) in [5.74, 6) is 0.780. The fourth-order valence-corrected chi connectivity index (χ4v) is 2.34. The second kappa shape index (κ2) is 7.25. The predicted molar refractivity (Wildman–Crippen MR) is 70.9 cm³/mol. The van der Waals surface area contributed by atoms with Crippen molar-refractivity contribution in [3.8, 4) is 0 Å². The zero-order valence-electron chi connectivity index (χ0n) is 11.5. The quantitative estimate of drug-likeness (QED) is 0.780. The van der Waals surface area contributed by atoms with Crippen molar-refractivity contribution in [2.45, 2.75) is 32.7 Å². The van der Waals surface area contributed by atoms with E-state index < -0.39 is 0 Å². The molecule has 0 aromatic heterocycles. The Balaban J connectivity index is 2.35. The lowest BCUT2D eigenvalue weighted by Gasteiger charge is -2.34. The lowest BCUT2D eigenvalue weighted by atomic mass is 10.1. The van der Waals surface area contributed by atoms with Crippen molar-refractivity contribution in [3.63, 3.8) is 0 Å². The molecule has 1 rings (SSSR count). The highest BCUT2D eigenvalue weighted by molar-refractivity contribution is 4.74. The number of hydrogen-bond donors (Lipinski definition) is 1. The molecule has 0 saturated carbocycles. The number of nitrogens with zero attached hydrogens (tertiary/aromatic N) is 2. The lowest BCUT2D eigenvalue weighted by Crippen LogP contribution is -2.43. The molecular weight excluding hydrogens is 198 g/mol. The van der Waals surface area contributed by atoms with E-state index in [1.54, 1.807) is 0 Å². The van der Waals surface area contributed by atoms with Crippen molar-refractivity contribution < 1.29 is 0 Å². The Labute approximate surface area is 101 Å². The zero-order valence-corrected chi connectivity index (χ0v) is 11.5. The van der Waals surface area contributed by atoms with Gasteiger partial charge in [-0.05, 0) is 66.0 Å². The number of rotatable bonds is 4. The summed E-state index contributed by atoms with van der Waals surface area (Å²) in [7, 11) is 4.32. The van der Waals surface area contributed by atoms with Gasteiger partial charge >= 0.3 is 0 Å². The molecule has 1 heterocycles. The third-order valence-corrected chi connectivity index (χ3v) is 3.46. The van der Waals surface area contributed by atoms with Crippen molar-refractivity contribution in [1.29, 1.82) is 0 Å². The van der Waals surface area contributed by atoms with Crippen molar-refractivity contribution in [1.82, 2.24) is 15.1 Å². The summed E-state index contributed by atoms with van der Waals surface area (Å²) < 4.78 is 0. The highest BCUT2D eigenvalue weighted by Crippen LogP contribution is 2.10. The molecule has 3 nitrogen and oxygen atoms in total. The normalized spacial score (nSPS) is 26.4. The van der Waals surface area contributed by atoms with Crippen LogP contribution in [0.1, 0.15) is 26.7 Å². The molecule has 0 amide bonds. The highest BCUT2D eigenvalue weighted by atomic mass is 15.2. The summed E-state index contributed by atoms with van der Waals surface area (Å²) in [5.41, 5.74) is 0. The van der Waals surface area contributed by atoms with Gasteiger partial charge in [0.1, 0.15) is 0 Å². The van der Waals surface area contributed by atoms with E-state index in [1.807, 2.05) is 0 Å². The molecule has 0 aliphatic carbocycles. The van der Waals surface area contributed by atoms with Crippen LogP contribution in [-0.4, -0.2) is 62.7 Å². The highest BCUT2D eigenvalue weighted by Gasteiger charge is 2.18. The van der Waals surface area contributed by atoms with Crippen LogP contribution in [0.4, 0.5) is 0 Å². The summed E-state index contributed by atoms with van der Waals surface area (Å²) in [6.07, 6.45) is 2.58. The van der Waals surface area contributed by atoms with E-state index in [0.29, 0.717) is 0 Å². The SMILES string of the molecule is CC1CNCCCN(C(C)CCN(C)C)C1. The lowest BCUT2D eigenvalue weighted by molar-refractivity contribution is 0.152. The molecule has 0 aromatic rings. The van der Waals surface area contributed by atoms with Crippen molar-refractivity contribution in [3.05, 3.63) is 0 Å². The molecule has 1 aliphatic rings. The fourth-order valence-electron chi connectivity index (χ4n) is 2.34. The Morgan fingerprint density at radius 2 is 2.19 bits per heavy atom. The van der Waals surface area contributed by atoms with E-state index in [-0.39, 0.29) is 0 Å². The van der Waals surface area contributed by atoms with Gasteiger partial charge in [-0.25, -0.2) is 0 Å². The van der Waals surface area contributed by atoms with Crippen LogP contribution in [0.5, 0.6) is 0 Å². The summed E-state index contributed by atoms with van der Waals surface area (Å²) in [5, 5.41) is 3.51. The maximum Gasteiger partial charge on any atom is 0.00792 e. The Hall–Kier alpha value is -0.120. The Morgan fingerprint density at radius 3 is 2.88 bits per heavy atom. The first-order valence-corrected chi connectivity index (χ1v) is 6.69. The minimum Gasteiger partial charge on any atom is -0.316 e. The molecule has 2 unspecified atom stereocenters. The molecule has 0 spiro atoms. The summed E-state index contributed by atoms with van der Waals surface area (Å²) >= 11 is 0. The molecule has 0 bridgehead atoms. The molecule has 1 aliphatic heterocycles. The van der Waals surface area contributed by atoms with Gasteiger partial charge in [-0.1, -0.05) is 6.92 Å². The van der Waals surface area contributed by atoms with E-state index >= 15 is 0 Å². The van der Waals surface area contributed by atoms with Gasteiger partial charge in [0.05, 0.1) is 0 Å². The van der Waals surface area contributed by atoms with Crippen LogP contribution in [0.2, 0.25) is 0 Å². The smallest absolute Gasteiger partial charge is 0.00792 e. The largest absolute Gasteiger partial charge is 0.316 e. The molecule has 0 aromatic carbocycles. The first kappa shape index (κ1) is 13.9. The van der Waals surface area contributed by atoms with Crippen LogP contribution in [-0.2, 0) is 0 Å². The second-order valence-electron chi connectivity index (χ2n) is 5.60. The average molecular weight is 227 g/mol. The van der Waals surface area contributed by atoms with Gasteiger partial charge in [0, 0.05) is 12.6 Å². The second-order valence-corrected chi connectivity index (χ2v) is 5.60. The summed E-state index contributed by atoms with van der Waals surface area (Å²) in [6, 6.07) is 0.725. The van der Waals surface area contributed by atoms with Gasteiger partial charge < -0.3 is 15.1 Å². The van der Waals surface area contributed by atoms with Crippen LogP contribution >= 0.6 is 0 Å². The first-order chi connectivity index (χ1) is 7.59. The van der Waals surface area contributed by atoms with Gasteiger partial charge in [0.2, 0.25) is 0 Å². The van der Waals surface area contributed by atoms with Crippen LogP contribution < -0.4 is 5.32 Å². The van der Waals surface area contributed by atoms with E-state index in [0.717, 1.165) is 12.0 Å². The zero-order chi connectivity index (χ0) is 12.0. The Morgan fingerprint density at radius 1 is 1.44 bits per heavy atom. The third kappa shape index (κ3) is 5.28. The molecule has 1 saturated heterocycles.